The van der Waals surface area contributed by atoms with Crippen molar-refractivity contribution in [2.24, 2.45) is 0 Å². The summed E-state index contributed by atoms with van der Waals surface area (Å²) in [6.45, 7) is 0. The van der Waals surface area contributed by atoms with E-state index in [-0.39, 0.29) is 5.82 Å². The third-order valence-electron chi connectivity index (χ3n) is 4.29. The largest absolute Gasteiger partial charge is 0.382 e. The van der Waals surface area contributed by atoms with Crippen molar-refractivity contribution in [3.63, 3.8) is 0 Å². The number of hydrogen-bond donors (Lipinski definition) is 1. The molecular weight excluding hydrogens is 469 g/mol. The molecule has 0 amide bonds. The molecule has 1 saturated carbocycles. The number of nitrogens with two attached hydrogens (primary N) is 1. The van der Waals surface area contributed by atoms with Crippen molar-refractivity contribution < 1.29 is 8.78 Å². The van der Waals surface area contributed by atoms with Crippen LogP contribution in [0, 0.1) is 11.6 Å². The average Bonchev–Trinajstić information content (AvgIpc) is 3.02. The number of nitrogen functional groups attached to an aromatic ring is 1. The molecule has 2 aromatic heterocycles. The van der Waals surface area contributed by atoms with E-state index in [0.29, 0.717) is 22.2 Å². The van der Waals surface area contributed by atoms with Crippen LogP contribution in [0.2, 0.25) is 0 Å². The molecule has 3 aromatic rings. The fourth-order valence-corrected chi connectivity index (χ4v) is 4.41. The van der Waals surface area contributed by atoms with Gasteiger partial charge in [-0.3, -0.25) is 8.96 Å². The summed E-state index contributed by atoms with van der Waals surface area (Å²) in [6, 6.07) is 2.14. The smallest absolute Gasteiger partial charge is 0.151 e. The lowest BCUT2D eigenvalue weighted by Crippen LogP contribution is -1.93. The summed E-state index contributed by atoms with van der Waals surface area (Å²) >= 11 is 2.02. The molecule has 0 unspecified atom stereocenters. The first-order chi connectivity index (χ1) is 12.6. The molecule has 4 rings (SSSR count). The first-order valence-electron chi connectivity index (χ1n) is 8.47. The molecule has 0 atom stereocenters. The van der Waals surface area contributed by atoms with E-state index in [2.05, 4.69) is 9.97 Å². The Balaban J connectivity index is 0.000000278. The van der Waals surface area contributed by atoms with E-state index in [0.717, 1.165) is 6.07 Å². The maximum Gasteiger partial charge on any atom is 0.151 e. The molecule has 2 N–H and O–H groups in total. The van der Waals surface area contributed by atoms with Gasteiger partial charge in [0.1, 0.15) is 11.6 Å². The molecule has 138 valence electrons. The van der Waals surface area contributed by atoms with Gasteiger partial charge in [0.15, 0.2) is 5.82 Å². The Morgan fingerprint density at radius 2 is 1.69 bits per heavy atom. The van der Waals surface area contributed by atoms with Crippen LogP contribution in [0.15, 0.2) is 30.7 Å². The molecule has 8 heteroatoms. The van der Waals surface area contributed by atoms with Crippen LogP contribution in [-0.2, 0) is 0 Å². The summed E-state index contributed by atoms with van der Waals surface area (Å²) < 4.78 is 29.0. The topological polar surface area (TPSA) is 56.7 Å². The van der Waals surface area contributed by atoms with Gasteiger partial charge in [0.25, 0.3) is 0 Å². The number of benzene rings is 1. The minimum atomic E-state index is -0.635. The van der Waals surface area contributed by atoms with Gasteiger partial charge >= 0.3 is 0 Å². The summed E-state index contributed by atoms with van der Waals surface area (Å²) in [5.41, 5.74) is 6.98. The summed E-state index contributed by atoms with van der Waals surface area (Å²) in [4.78, 5) is 8.10. The van der Waals surface area contributed by atoms with E-state index in [1.165, 1.54) is 66.1 Å². The Labute approximate surface area is 167 Å². The molecule has 26 heavy (non-hydrogen) atoms. The number of hydrogen-bond acceptors (Lipinski definition) is 4. The Morgan fingerprint density at radius 1 is 1.04 bits per heavy atom. The molecule has 1 aliphatic carbocycles. The number of halogens is 3. The molecule has 1 aromatic carbocycles. The predicted octanol–water partition coefficient (Wildman–Crippen LogP) is 6.15. The third kappa shape index (κ3) is 4.46. The van der Waals surface area contributed by atoms with Crippen molar-refractivity contribution in [3.05, 3.63) is 42.4 Å². The highest BCUT2D eigenvalue weighted by Gasteiger charge is 2.17. The van der Waals surface area contributed by atoms with Gasteiger partial charge in [-0.15, -0.1) is 0 Å². The fraction of sp³-hybridized carbons (Fsp3) is 0.333. The van der Waals surface area contributed by atoms with Crippen molar-refractivity contribution in [2.45, 2.75) is 38.5 Å². The van der Waals surface area contributed by atoms with Crippen LogP contribution in [0.1, 0.15) is 38.5 Å². The second-order valence-corrected chi connectivity index (χ2v) is 7.88. The van der Waals surface area contributed by atoms with Crippen molar-refractivity contribution in [1.29, 1.82) is 0 Å². The number of nitrogens with zero attached hydrogens (tertiary/aromatic N) is 3. The summed E-state index contributed by atoms with van der Waals surface area (Å²) in [5, 5.41) is 0.437. The van der Waals surface area contributed by atoms with Gasteiger partial charge in [-0.05, 0) is 6.07 Å². The van der Waals surface area contributed by atoms with Crippen LogP contribution < -0.4 is 5.73 Å². The van der Waals surface area contributed by atoms with Crippen molar-refractivity contribution in [1.82, 2.24) is 13.9 Å². The van der Waals surface area contributed by atoms with Crippen molar-refractivity contribution in [2.75, 3.05) is 5.73 Å². The number of aromatic nitrogens is 3. The Bertz CT molecular complexity index is 885. The van der Waals surface area contributed by atoms with E-state index < -0.39 is 11.6 Å². The van der Waals surface area contributed by atoms with Gasteiger partial charge < -0.3 is 5.73 Å². The number of rotatable bonds is 2. The highest BCUT2D eigenvalue weighted by molar-refractivity contribution is 14.2. The summed E-state index contributed by atoms with van der Waals surface area (Å²) in [7, 11) is 1.28. The average molecular weight is 488 g/mol. The van der Waals surface area contributed by atoms with Gasteiger partial charge in [-0.1, -0.05) is 38.5 Å². The van der Waals surface area contributed by atoms with E-state index in [1.54, 1.807) is 10.2 Å². The third-order valence-corrected chi connectivity index (χ3v) is 6.00. The van der Waals surface area contributed by atoms with E-state index in [4.69, 9.17) is 5.73 Å². The quantitative estimate of drug-likeness (QED) is 0.440. The van der Waals surface area contributed by atoms with Gasteiger partial charge in [0.2, 0.25) is 0 Å². The van der Waals surface area contributed by atoms with Crippen LogP contribution >= 0.6 is 30.3 Å². The zero-order valence-electron chi connectivity index (χ0n) is 14.1. The molecule has 1 aliphatic rings. The highest BCUT2D eigenvalue weighted by atomic mass is 127. The Hall–Kier alpha value is -1.42. The normalized spacial score (nSPS) is 14.1. The van der Waals surface area contributed by atoms with Crippen LogP contribution in [0.4, 0.5) is 14.6 Å². The molecule has 0 bridgehead atoms. The summed E-state index contributed by atoms with van der Waals surface area (Å²) in [5.74, 6) is -1.00. The zero-order chi connectivity index (χ0) is 18.5. The molecular formula is C18H19F2IN4S. The van der Waals surface area contributed by atoms with Gasteiger partial charge in [0.05, 0.1) is 23.6 Å². The second kappa shape index (κ2) is 8.98. The van der Waals surface area contributed by atoms with E-state index in [9.17, 15) is 8.78 Å². The van der Waals surface area contributed by atoms with Crippen LogP contribution in [0.3, 0.4) is 0 Å². The first kappa shape index (κ1) is 19.3. The molecule has 0 spiro atoms. The number of anilines is 1. The highest BCUT2D eigenvalue weighted by Crippen LogP contribution is 2.35. The maximum atomic E-state index is 14.0. The minimum Gasteiger partial charge on any atom is -0.382 e. The maximum absolute atomic E-state index is 14.0. The predicted molar refractivity (Wildman–Crippen MR) is 112 cm³/mol. The van der Waals surface area contributed by atoms with E-state index >= 15 is 0 Å². The van der Waals surface area contributed by atoms with Gasteiger partial charge in [0, 0.05) is 53.5 Å². The standard InChI is InChI=1S/C12H7F2IN4S.C6H12/c13-6-1-7-8(10-3-17-4-11(16)18-10)5-19(20-15)12(7)9(14)2-6;1-2-4-6-5-3-1/h1-5H,(H2,16,18);1-6H2. The summed E-state index contributed by atoms with van der Waals surface area (Å²) in [6.07, 6.45) is 13.6. The Morgan fingerprint density at radius 3 is 2.27 bits per heavy atom. The molecule has 4 nitrogen and oxygen atoms in total. The van der Waals surface area contributed by atoms with Crippen LogP contribution in [0.25, 0.3) is 22.2 Å². The van der Waals surface area contributed by atoms with E-state index in [1.807, 2.05) is 21.2 Å². The van der Waals surface area contributed by atoms with Gasteiger partial charge in [-0.2, -0.15) is 0 Å². The van der Waals surface area contributed by atoms with Crippen molar-refractivity contribution in [3.8, 4) is 11.3 Å². The number of fused-ring (bicyclic) bond motifs is 1. The Kier molecular flexibility index (Phi) is 6.68. The second-order valence-electron chi connectivity index (χ2n) is 6.17. The lowest BCUT2D eigenvalue weighted by Gasteiger charge is -2.05. The van der Waals surface area contributed by atoms with Crippen molar-refractivity contribution >= 4 is 47.0 Å². The van der Waals surface area contributed by atoms with Crippen LogP contribution in [0.5, 0.6) is 0 Å². The molecule has 2 heterocycles. The molecule has 1 fully saturated rings. The SMILES string of the molecule is C1CCCCC1.Nc1cncc(-c2cn(SI)c3c(F)cc(F)cc23)n1. The molecule has 0 radical (unpaired) electrons. The monoisotopic (exact) mass is 488 g/mol. The lowest BCUT2D eigenvalue weighted by molar-refractivity contribution is 0.504. The fourth-order valence-electron chi connectivity index (χ4n) is 3.08. The lowest BCUT2D eigenvalue weighted by atomic mass is 10.0. The minimum absolute atomic E-state index is 0.252. The molecule has 0 aliphatic heterocycles. The zero-order valence-corrected chi connectivity index (χ0v) is 17.1. The van der Waals surface area contributed by atoms with Crippen LogP contribution in [-0.4, -0.2) is 13.9 Å². The first-order valence-corrected chi connectivity index (χ1v) is 11.8. The molecule has 0 saturated heterocycles. The van der Waals surface area contributed by atoms with Gasteiger partial charge in [-0.25, -0.2) is 13.8 Å².